The number of ether oxygens (including phenoxy) is 1. The summed E-state index contributed by atoms with van der Waals surface area (Å²) >= 11 is 0. The van der Waals surface area contributed by atoms with Gasteiger partial charge in [-0.05, 0) is 32.3 Å². The second-order valence-corrected chi connectivity index (χ2v) is 4.85. The molecule has 1 rings (SSSR count). The molecule has 0 aliphatic rings. The van der Waals surface area contributed by atoms with Gasteiger partial charge in [-0.3, -0.25) is 14.9 Å². The largest absolute Gasteiger partial charge is 0.487 e. The van der Waals surface area contributed by atoms with Crippen LogP contribution in [-0.2, 0) is 4.79 Å². The van der Waals surface area contributed by atoms with Gasteiger partial charge in [0.15, 0.2) is 5.75 Å². The van der Waals surface area contributed by atoms with Crippen molar-refractivity contribution in [3.63, 3.8) is 0 Å². The van der Waals surface area contributed by atoms with Crippen molar-refractivity contribution in [3.05, 3.63) is 33.9 Å². The number of carbonyl (C=O) groups is 1. The summed E-state index contributed by atoms with van der Waals surface area (Å²) in [6.45, 7) is 3.31. The second-order valence-electron chi connectivity index (χ2n) is 4.85. The highest BCUT2D eigenvalue weighted by Crippen LogP contribution is 2.30. The number of para-hydroxylation sites is 1. The summed E-state index contributed by atoms with van der Waals surface area (Å²) in [5.74, 6) is -0.870. The van der Waals surface area contributed by atoms with Gasteiger partial charge in [-0.25, -0.2) is 0 Å². The molecular formula is C13H18N2O5. The third-order valence-corrected chi connectivity index (χ3v) is 2.96. The Morgan fingerprint density at radius 1 is 1.55 bits per heavy atom. The highest BCUT2D eigenvalue weighted by atomic mass is 16.6. The topological polar surface area (TPSA) is 116 Å². The lowest BCUT2D eigenvalue weighted by Crippen LogP contribution is -2.44. The van der Waals surface area contributed by atoms with Gasteiger partial charge in [0, 0.05) is 6.07 Å². The van der Waals surface area contributed by atoms with E-state index in [9.17, 15) is 14.9 Å². The Labute approximate surface area is 116 Å². The van der Waals surface area contributed by atoms with Crippen LogP contribution in [0.4, 0.5) is 5.69 Å². The average molecular weight is 282 g/mol. The van der Waals surface area contributed by atoms with Crippen molar-refractivity contribution in [2.75, 3.05) is 6.61 Å². The molecule has 0 aliphatic carbocycles. The highest BCUT2D eigenvalue weighted by Gasteiger charge is 2.27. The van der Waals surface area contributed by atoms with Crippen LogP contribution in [0.1, 0.15) is 25.3 Å². The number of aliphatic carboxylic acids is 1. The number of hydrogen-bond acceptors (Lipinski definition) is 5. The first kappa shape index (κ1) is 15.9. The fourth-order valence-corrected chi connectivity index (χ4v) is 1.69. The molecule has 0 heterocycles. The van der Waals surface area contributed by atoms with E-state index in [0.29, 0.717) is 12.0 Å². The van der Waals surface area contributed by atoms with E-state index in [0.717, 1.165) is 0 Å². The van der Waals surface area contributed by atoms with Crippen molar-refractivity contribution in [2.45, 2.75) is 32.2 Å². The summed E-state index contributed by atoms with van der Waals surface area (Å²) in [4.78, 5) is 21.2. The third kappa shape index (κ3) is 3.92. The Balaban J connectivity index is 2.63. The highest BCUT2D eigenvalue weighted by molar-refractivity contribution is 5.77. The maximum Gasteiger partial charge on any atom is 0.323 e. The van der Waals surface area contributed by atoms with E-state index in [2.05, 4.69) is 0 Å². The summed E-state index contributed by atoms with van der Waals surface area (Å²) in [6, 6.07) is 4.67. The molecule has 1 aromatic carbocycles. The van der Waals surface area contributed by atoms with Crippen LogP contribution in [0.15, 0.2) is 18.2 Å². The third-order valence-electron chi connectivity index (χ3n) is 2.96. The fourth-order valence-electron chi connectivity index (χ4n) is 1.69. The van der Waals surface area contributed by atoms with Crippen molar-refractivity contribution in [1.29, 1.82) is 0 Å². The Kier molecular flexibility index (Phi) is 5.04. The number of nitro groups is 1. The van der Waals surface area contributed by atoms with Crippen LogP contribution >= 0.6 is 0 Å². The number of carboxylic acid groups (broad SMARTS) is 1. The van der Waals surface area contributed by atoms with Gasteiger partial charge in [0.2, 0.25) is 0 Å². The molecule has 20 heavy (non-hydrogen) atoms. The summed E-state index contributed by atoms with van der Waals surface area (Å²) in [7, 11) is 0. The predicted molar refractivity (Wildman–Crippen MR) is 72.8 cm³/mol. The number of aryl methyl sites for hydroxylation is 1. The Morgan fingerprint density at radius 3 is 2.75 bits per heavy atom. The minimum atomic E-state index is -1.32. The number of nitrogens with two attached hydrogens (primary N) is 1. The molecular weight excluding hydrogens is 264 g/mol. The number of benzene rings is 1. The van der Waals surface area contributed by atoms with Crippen LogP contribution in [0.2, 0.25) is 0 Å². The molecule has 0 saturated heterocycles. The van der Waals surface area contributed by atoms with E-state index in [1.165, 1.54) is 13.0 Å². The Bertz CT molecular complexity index is 513. The number of carboxylic acids is 1. The lowest BCUT2D eigenvalue weighted by Gasteiger charge is -2.18. The van der Waals surface area contributed by atoms with Crippen LogP contribution in [0.5, 0.6) is 5.75 Å². The van der Waals surface area contributed by atoms with Crippen LogP contribution in [0, 0.1) is 17.0 Å². The first-order valence-electron chi connectivity index (χ1n) is 6.15. The number of nitrogens with zero attached hydrogens (tertiary/aromatic N) is 1. The SMILES string of the molecule is Cc1cccc([N+](=O)[O-])c1OCCCC(C)(N)C(=O)O. The summed E-state index contributed by atoms with van der Waals surface area (Å²) in [5, 5.41) is 19.7. The summed E-state index contributed by atoms with van der Waals surface area (Å²) < 4.78 is 5.41. The monoisotopic (exact) mass is 282 g/mol. The van der Waals surface area contributed by atoms with Crippen molar-refractivity contribution in [1.82, 2.24) is 0 Å². The standard InChI is InChI=1S/C13H18N2O5/c1-9-5-3-6-10(15(18)19)11(9)20-8-4-7-13(2,14)12(16)17/h3,5-6H,4,7-8,14H2,1-2H3,(H,16,17). The predicted octanol–water partition coefficient (Wildman–Crippen LogP) is 1.86. The minimum Gasteiger partial charge on any atom is -0.487 e. The molecule has 0 radical (unpaired) electrons. The maximum atomic E-state index is 10.9. The van der Waals surface area contributed by atoms with Gasteiger partial charge in [-0.1, -0.05) is 12.1 Å². The normalized spacial score (nSPS) is 13.6. The van der Waals surface area contributed by atoms with E-state index < -0.39 is 16.4 Å². The average Bonchev–Trinajstić information content (AvgIpc) is 2.35. The lowest BCUT2D eigenvalue weighted by atomic mass is 9.98. The van der Waals surface area contributed by atoms with Gasteiger partial charge in [0.05, 0.1) is 11.5 Å². The molecule has 7 nitrogen and oxygen atoms in total. The van der Waals surface area contributed by atoms with Gasteiger partial charge >= 0.3 is 11.7 Å². The molecule has 3 N–H and O–H groups in total. The van der Waals surface area contributed by atoms with Gasteiger partial charge < -0.3 is 15.6 Å². The van der Waals surface area contributed by atoms with E-state index in [1.54, 1.807) is 19.1 Å². The minimum absolute atomic E-state index is 0.0984. The lowest BCUT2D eigenvalue weighted by molar-refractivity contribution is -0.385. The number of rotatable bonds is 7. The molecule has 0 saturated carbocycles. The smallest absolute Gasteiger partial charge is 0.323 e. The van der Waals surface area contributed by atoms with Crippen LogP contribution < -0.4 is 10.5 Å². The molecule has 0 bridgehead atoms. The molecule has 1 aromatic rings. The fraction of sp³-hybridized carbons (Fsp3) is 0.462. The molecule has 0 amide bonds. The number of hydrogen-bond donors (Lipinski definition) is 2. The van der Waals surface area contributed by atoms with Gasteiger partial charge in [0.1, 0.15) is 5.54 Å². The molecule has 1 atom stereocenters. The molecule has 0 aromatic heterocycles. The zero-order chi connectivity index (χ0) is 15.3. The molecule has 0 aliphatic heterocycles. The van der Waals surface area contributed by atoms with Crippen molar-refractivity contribution >= 4 is 11.7 Å². The summed E-state index contributed by atoms with van der Waals surface area (Å²) in [5.41, 5.74) is 4.83. The zero-order valence-corrected chi connectivity index (χ0v) is 11.5. The summed E-state index contributed by atoms with van der Waals surface area (Å²) in [6.07, 6.45) is 0.618. The van der Waals surface area contributed by atoms with Crippen LogP contribution in [-0.4, -0.2) is 28.1 Å². The maximum absolute atomic E-state index is 10.9. The first-order chi connectivity index (χ1) is 9.25. The van der Waals surface area contributed by atoms with Crippen LogP contribution in [0.25, 0.3) is 0 Å². The van der Waals surface area contributed by atoms with E-state index in [1.807, 2.05) is 0 Å². The second kappa shape index (κ2) is 6.33. The Hall–Kier alpha value is -2.15. The van der Waals surface area contributed by atoms with E-state index in [4.69, 9.17) is 15.6 Å². The molecule has 0 fully saturated rings. The molecule has 7 heteroatoms. The van der Waals surface area contributed by atoms with Gasteiger partial charge in [-0.2, -0.15) is 0 Å². The Morgan fingerprint density at radius 2 is 2.20 bits per heavy atom. The first-order valence-corrected chi connectivity index (χ1v) is 6.15. The number of nitro benzene ring substituents is 1. The van der Waals surface area contributed by atoms with E-state index in [-0.39, 0.29) is 24.5 Å². The van der Waals surface area contributed by atoms with E-state index >= 15 is 0 Å². The van der Waals surface area contributed by atoms with Crippen LogP contribution in [0.3, 0.4) is 0 Å². The van der Waals surface area contributed by atoms with Crippen molar-refractivity contribution in [2.24, 2.45) is 5.73 Å². The molecule has 110 valence electrons. The quantitative estimate of drug-likeness (QED) is 0.448. The van der Waals surface area contributed by atoms with Crippen molar-refractivity contribution < 1.29 is 19.6 Å². The van der Waals surface area contributed by atoms with Crippen molar-refractivity contribution in [3.8, 4) is 5.75 Å². The molecule has 0 spiro atoms. The zero-order valence-electron chi connectivity index (χ0n) is 11.5. The van der Waals surface area contributed by atoms with Gasteiger partial charge in [0.25, 0.3) is 0 Å². The molecule has 1 unspecified atom stereocenters. The van der Waals surface area contributed by atoms with Gasteiger partial charge in [-0.15, -0.1) is 0 Å².